The molecule has 1 aliphatic heterocycles. The fraction of sp³-hybridized carbons (Fsp3) is 0.462. The molecule has 0 unspecified atom stereocenters. The minimum atomic E-state index is -0.823. The third-order valence-electron chi connectivity index (χ3n) is 3.21. The molecule has 1 aromatic rings. The van der Waals surface area contributed by atoms with Crippen molar-refractivity contribution in [3.63, 3.8) is 0 Å². The van der Waals surface area contributed by atoms with E-state index < -0.39 is 5.97 Å². The standard InChI is InChI=1S/C13H16O2S.O2/c1-7-5-9(12(14)15)8(2)10-11(7)16-6-13(10,3)4;1-2/h5H,6H2,1-4H3,(H,14,15);. The van der Waals surface area contributed by atoms with Gasteiger partial charge in [0, 0.05) is 26.0 Å². The average Bonchev–Trinajstić information content (AvgIpc) is 2.63. The van der Waals surface area contributed by atoms with Gasteiger partial charge in [-0.15, -0.1) is 11.8 Å². The summed E-state index contributed by atoms with van der Waals surface area (Å²) in [5.74, 6) is 0.212. The van der Waals surface area contributed by atoms with Gasteiger partial charge in [0.1, 0.15) is 0 Å². The lowest BCUT2D eigenvalue weighted by molar-refractivity contribution is 0.0695. The molecule has 5 heteroatoms. The Hall–Kier alpha value is -1.36. The summed E-state index contributed by atoms with van der Waals surface area (Å²) >= 11 is 1.84. The molecular weight excluding hydrogens is 252 g/mol. The molecule has 0 aromatic heterocycles. The van der Waals surface area contributed by atoms with Gasteiger partial charge >= 0.3 is 5.97 Å². The minimum Gasteiger partial charge on any atom is -0.478 e. The molecule has 0 saturated carbocycles. The van der Waals surface area contributed by atoms with Crippen LogP contribution in [0.25, 0.3) is 0 Å². The van der Waals surface area contributed by atoms with Gasteiger partial charge in [0.05, 0.1) is 5.56 Å². The van der Waals surface area contributed by atoms with Crippen molar-refractivity contribution in [2.24, 2.45) is 0 Å². The van der Waals surface area contributed by atoms with Crippen LogP contribution in [0.3, 0.4) is 0 Å². The molecule has 1 N–H and O–H groups in total. The summed E-state index contributed by atoms with van der Waals surface area (Å²) in [4.78, 5) is 26.5. The lowest BCUT2D eigenvalue weighted by Crippen LogP contribution is -2.19. The number of hydrogen-bond donors (Lipinski definition) is 1. The first-order chi connectivity index (χ1) is 8.34. The third kappa shape index (κ3) is 2.27. The summed E-state index contributed by atoms with van der Waals surface area (Å²) in [6, 6.07) is 1.80. The Morgan fingerprint density at radius 1 is 1.33 bits per heavy atom. The molecule has 0 aliphatic carbocycles. The number of carbonyl (C=O) groups is 1. The summed E-state index contributed by atoms with van der Waals surface area (Å²) in [5.41, 5.74) is 3.79. The van der Waals surface area contributed by atoms with Crippen LogP contribution in [0.2, 0.25) is 0 Å². The lowest BCUT2D eigenvalue weighted by Gasteiger charge is -2.21. The van der Waals surface area contributed by atoms with E-state index in [-0.39, 0.29) is 5.41 Å². The Morgan fingerprint density at radius 2 is 1.89 bits per heavy atom. The van der Waals surface area contributed by atoms with E-state index in [1.54, 1.807) is 6.07 Å². The Bertz CT molecular complexity index is 494. The van der Waals surface area contributed by atoms with Gasteiger partial charge in [0.15, 0.2) is 0 Å². The third-order valence-corrected chi connectivity index (χ3v) is 4.89. The fourth-order valence-electron chi connectivity index (χ4n) is 2.44. The van der Waals surface area contributed by atoms with Crippen LogP contribution in [0.5, 0.6) is 0 Å². The van der Waals surface area contributed by atoms with E-state index in [2.05, 4.69) is 13.8 Å². The first kappa shape index (κ1) is 14.7. The largest absolute Gasteiger partial charge is 0.478 e. The number of benzene rings is 1. The van der Waals surface area contributed by atoms with Gasteiger partial charge in [-0.2, -0.15) is 0 Å². The van der Waals surface area contributed by atoms with Gasteiger partial charge in [-0.25, -0.2) is 4.79 Å². The fourth-order valence-corrected chi connectivity index (χ4v) is 3.95. The van der Waals surface area contributed by atoms with E-state index in [1.807, 2.05) is 25.6 Å². The molecule has 18 heavy (non-hydrogen) atoms. The monoisotopic (exact) mass is 268 g/mol. The molecule has 0 radical (unpaired) electrons. The molecule has 0 amide bonds. The van der Waals surface area contributed by atoms with E-state index >= 15 is 0 Å². The van der Waals surface area contributed by atoms with E-state index in [4.69, 9.17) is 9.93 Å². The molecule has 2 rings (SSSR count). The van der Waals surface area contributed by atoms with Crippen molar-refractivity contribution in [3.05, 3.63) is 38.2 Å². The zero-order chi connectivity index (χ0) is 14.1. The molecule has 0 fully saturated rings. The van der Waals surface area contributed by atoms with Crippen LogP contribution in [0.4, 0.5) is 0 Å². The highest BCUT2D eigenvalue weighted by atomic mass is 32.2. The molecule has 1 aromatic carbocycles. The summed E-state index contributed by atoms with van der Waals surface area (Å²) in [6.45, 7) is 8.29. The molecule has 4 nitrogen and oxygen atoms in total. The summed E-state index contributed by atoms with van der Waals surface area (Å²) < 4.78 is 0. The van der Waals surface area contributed by atoms with Gasteiger partial charge in [-0.05, 0) is 36.6 Å². The van der Waals surface area contributed by atoms with Gasteiger partial charge < -0.3 is 5.11 Å². The quantitative estimate of drug-likeness (QED) is 0.844. The van der Waals surface area contributed by atoms with Crippen LogP contribution < -0.4 is 0 Å². The van der Waals surface area contributed by atoms with Crippen molar-refractivity contribution >= 4 is 17.7 Å². The van der Waals surface area contributed by atoms with Crippen molar-refractivity contribution in [1.82, 2.24) is 0 Å². The second-order valence-electron chi connectivity index (χ2n) is 5.05. The average molecular weight is 268 g/mol. The Labute approximate surface area is 110 Å². The van der Waals surface area contributed by atoms with Gasteiger partial charge in [-0.3, -0.25) is 0 Å². The SMILES string of the molecule is Cc1cc(C(=O)O)c(C)c2c1SCC2(C)C.O=O. The Kier molecular flexibility index (Phi) is 4.16. The van der Waals surface area contributed by atoms with Gasteiger partial charge in [0.25, 0.3) is 0 Å². The van der Waals surface area contributed by atoms with Crippen molar-refractivity contribution < 1.29 is 9.90 Å². The van der Waals surface area contributed by atoms with Crippen molar-refractivity contribution in [2.45, 2.75) is 38.0 Å². The van der Waals surface area contributed by atoms with Gasteiger partial charge in [0.2, 0.25) is 0 Å². The first-order valence-corrected chi connectivity index (χ1v) is 6.50. The Morgan fingerprint density at radius 3 is 2.39 bits per heavy atom. The summed E-state index contributed by atoms with van der Waals surface area (Å²) in [5, 5.41) is 9.18. The highest BCUT2D eigenvalue weighted by Crippen LogP contribution is 2.47. The van der Waals surface area contributed by atoms with Gasteiger partial charge in [-0.1, -0.05) is 13.8 Å². The number of carboxylic acids is 1. The normalized spacial score (nSPS) is 15.6. The van der Waals surface area contributed by atoms with Crippen LogP contribution in [0.15, 0.2) is 11.0 Å². The Balaban J connectivity index is 0.000000771. The van der Waals surface area contributed by atoms with Crippen LogP contribution in [0.1, 0.15) is 40.9 Å². The van der Waals surface area contributed by atoms with E-state index in [9.17, 15) is 9.90 Å². The maximum atomic E-state index is 11.2. The topological polar surface area (TPSA) is 71.4 Å². The van der Waals surface area contributed by atoms with Crippen LogP contribution in [-0.4, -0.2) is 16.8 Å². The maximum absolute atomic E-state index is 11.2. The van der Waals surface area contributed by atoms with Crippen molar-refractivity contribution in [2.75, 3.05) is 5.75 Å². The smallest absolute Gasteiger partial charge is 0.335 e. The predicted molar refractivity (Wildman–Crippen MR) is 73.4 cm³/mol. The molecule has 0 spiro atoms. The zero-order valence-corrected chi connectivity index (χ0v) is 11.7. The number of aryl methyl sites for hydroxylation is 1. The molecule has 1 heterocycles. The van der Waals surface area contributed by atoms with Crippen molar-refractivity contribution in [3.8, 4) is 0 Å². The maximum Gasteiger partial charge on any atom is 0.335 e. The number of aromatic carboxylic acids is 1. The molecular formula is C13H16O4S. The molecule has 0 bridgehead atoms. The molecule has 1 aliphatic rings. The first-order valence-electron chi connectivity index (χ1n) is 5.52. The molecule has 0 saturated heterocycles. The highest BCUT2D eigenvalue weighted by Gasteiger charge is 2.34. The summed E-state index contributed by atoms with van der Waals surface area (Å²) in [6.07, 6.45) is 0. The number of carboxylic acid groups (broad SMARTS) is 1. The zero-order valence-electron chi connectivity index (χ0n) is 10.9. The highest BCUT2D eigenvalue weighted by molar-refractivity contribution is 7.99. The van der Waals surface area contributed by atoms with E-state index in [0.717, 1.165) is 16.9 Å². The molecule has 0 atom stereocenters. The second-order valence-corrected chi connectivity index (χ2v) is 6.03. The summed E-state index contributed by atoms with van der Waals surface area (Å²) in [7, 11) is 0. The van der Waals surface area contributed by atoms with Crippen LogP contribution >= 0.6 is 11.8 Å². The molecule has 98 valence electrons. The number of thioether (sulfide) groups is 1. The van der Waals surface area contributed by atoms with Crippen molar-refractivity contribution in [1.29, 1.82) is 0 Å². The minimum absolute atomic E-state index is 0.0836. The van der Waals surface area contributed by atoms with Crippen LogP contribution in [0, 0.1) is 23.8 Å². The number of fused-ring (bicyclic) bond motifs is 1. The predicted octanol–water partition coefficient (Wildman–Crippen LogP) is 3.45. The number of rotatable bonds is 1. The number of hydrogen-bond acceptors (Lipinski definition) is 4. The second kappa shape index (κ2) is 5.10. The lowest BCUT2D eigenvalue weighted by atomic mass is 9.81. The van der Waals surface area contributed by atoms with E-state index in [1.165, 1.54) is 10.5 Å². The van der Waals surface area contributed by atoms with Crippen LogP contribution in [-0.2, 0) is 5.41 Å². The van der Waals surface area contributed by atoms with E-state index in [0.29, 0.717) is 5.56 Å².